The van der Waals surface area contributed by atoms with Gasteiger partial charge in [0.25, 0.3) is 5.92 Å². The van der Waals surface area contributed by atoms with Crippen LogP contribution in [-0.2, 0) is 0 Å². The summed E-state index contributed by atoms with van der Waals surface area (Å²) >= 11 is 0. The van der Waals surface area contributed by atoms with Crippen LogP contribution < -0.4 is 10.6 Å². The minimum absolute atomic E-state index is 0.172. The Morgan fingerprint density at radius 2 is 1.94 bits per heavy atom. The normalized spacial score (nSPS) is 22.1. The fraction of sp³-hybridized carbons (Fsp3) is 0.409. The third-order valence-corrected chi connectivity index (χ3v) is 6.59. The largest absolute Gasteiger partial charge is 0.393 e. The van der Waals surface area contributed by atoms with E-state index in [1.54, 1.807) is 27.3 Å². The molecule has 4 aromatic rings. The highest BCUT2D eigenvalue weighted by atomic mass is 19.3. The summed E-state index contributed by atoms with van der Waals surface area (Å²) in [6.07, 6.45) is 3.46. The summed E-state index contributed by atoms with van der Waals surface area (Å²) in [6, 6.07) is 4.86. The number of aliphatic hydroxyl groups excluding tert-OH is 1. The number of hydrogen-bond donors (Lipinski definition) is 2. The highest BCUT2D eigenvalue weighted by Gasteiger charge is 2.45. The molecule has 1 saturated carbocycles. The minimum Gasteiger partial charge on any atom is -0.393 e. The first kappa shape index (κ1) is 20.7. The molecule has 0 radical (unpaired) electrons. The zero-order valence-corrected chi connectivity index (χ0v) is 17.9. The van der Waals surface area contributed by atoms with Gasteiger partial charge in [-0.1, -0.05) is 6.07 Å². The van der Waals surface area contributed by atoms with E-state index in [0.717, 1.165) is 0 Å². The Labute approximate surface area is 191 Å². The summed E-state index contributed by atoms with van der Waals surface area (Å²) in [5, 5.41) is 9.90. The summed E-state index contributed by atoms with van der Waals surface area (Å²) in [5.74, 6) is -2.43. The predicted molar refractivity (Wildman–Crippen MR) is 120 cm³/mol. The Bertz CT molecular complexity index is 1520. The maximum absolute atomic E-state index is 13.7. The van der Waals surface area contributed by atoms with Crippen LogP contribution in [-0.4, -0.2) is 59.3 Å². The Morgan fingerprint density at radius 3 is 2.65 bits per heavy atom. The molecule has 0 bridgehead atoms. The third kappa shape index (κ3) is 3.23. The number of fused-ring (bicyclic) bond motifs is 2. The fourth-order valence-corrected chi connectivity index (χ4v) is 4.85. The van der Waals surface area contributed by atoms with Crippen LogP contribution in [0.15, 0.2) is 29.3 Å². The van der Waals surface area contributed by atoms with E-state index in [-0.39, 0.29) is 23.5 Å². The van der Waals surface area contributed by atoms with Gasteiger partial charge in [-0.25, -0.2) is 23.4 Å². The number of alkyl halides is 2. The molecule has 174 valence electrons. The Hall–Kier alpha value is -3.85. The molecule has 10 nitrogen and oxygen atoms in total. The fourth-order valence-electron chi connectivity index (χ4n) is 4.85. The average Bonchev–Trinajstić information content (AvgIpc) is 3.37. The Morgan fingerprint density at radius 1 is 1.18 bits per heavy atom. The highest BCUT2D eigenvalue weighted by Crippen LogP contribution is 2.36. The summed E-state index contributed by atoms with van der Waals surface area (Å²) in [4.78, 5) is 34.2. The molecule has 2 fully saturated rings. The van der Waals surface area contributed by atoms with E-state index in [2.05, 4.69) is 24.8 Å². The SMILES string of the molecule is [C-]#[N+]c1ccc2ncn(-c3nc(N4CC(F)(F)C4)c4[nH]c(=O)n(C5CCC(O)CC5)c4n3)c2c1. The van der Waals surface area contributed by atoms with Crippen molar-refractivity contribution in [1.29, 1.82) is 0 Å². The second-order valence-electron chi connectivity index (χ2n) is 8.92. The number of aliphatic hydroxyl groups is 1. The van der Waals surface area contributed by atoms with Gasteiger partial charge in [0.2, 0.25) is 5.95 Å². The van der Waals surface area contributed by atoms with Gasteiger partial charge in [-0.3, -0.25) is 9.13 Å². The van der Waals surface area contributed by atoms with Crippen LogP contribution in [0.2, 0.25) is 0 Å². The average molecular weight is 466 g/mol. The number of hydrogen-bond acceptors (Lipinski definition) is 6. The van der Waals surface area contributed by atoms with Crippen LogP contribution in [0.25, 0.3) is 33.0 Å². The van der Waals surface area contributed by atoms with Crippen LogP contribution in [0.1, 0.15) is 31.7 Å². The van der Waals surface area contributed by atoms with Gasteiger partial charge in [0.05, 0.1) is 36.8 Å². The quantitative estimate of drug-likeness (QED) is 0.450. The van der Waals surface area contributed by atoms with Crippen molar-refractivity contribution < 1.29 is 13.9 Å². The van der Waals surface area contributed by atoms with Crippen LogP contribution in [0.5, 0.6) is 0 Å². The molecule has 34 heavy (non-hydrogen) atoms. The topological polar surface area (TPSA) is 109 Å². The van der Waals surface area contributed by atoms with E-state index in [1.165, 1.54) is 11.2 Å². The van der Waals surface area contributed by atoms with E-state index >= 15 is 0 Å². The van der Waals surface area contributed by atoms with Gasteiger partial charge in [0.1, 0.15) is 11.8 Å². The first-order valence-corrected chi connectivity index (χ1v) is 11.0. The zero-order valence-electron chi connectivity index (χ0n) is 17.9. The second-order valence-corrected chi connectivity index (χ2v) is 8.92. The van der Waals surface area contributed by atoms with Crippen molar-refractivity contribution in [3.63, 3.8) is 0 Å². The van der Waals surface area contributed by atoms with Gasteiger partial charge in [-0.15, -0.1) is 0 Å². The van der Waals surface area contributed by atoms with Gasteiger partial charge in [-0.05, 0) is 37.8 Å². The molecular weight excluding hydrogens is 446 g/mol. The number of H-pyrrole nitrogens is 1. The lowest BCUT2D eigenvalue weighted by atomic mass is 9.93. The minimum atomic E-state index is -2.83. The predicted octanol–water partition coefficient (Wildman–Crippen LogP) is 2.94. The van der Waals surface area contributed by atoms with Gasteiger partial charge < -0.3 is 15.0 Å². The van der Waals surface area contributed by atoms with Crippen LogP contribution in [0.4, 0.5) is 20.3 Å². The molecule has 4 heterocycles. The lowest BCUT2D eigenvalue weighted by Crippen LogP contribution is -2.56. The molecule has 1 aromatic carbocycles. The van der Waals surface area contributed by atoms with E-state index < -0.39 is 25.1 Å². The number of halogens is 2. The molecule has 3 aromatic heterocycles. The standard InChI is InChI=1S/C22H20F2N8O2/c1-25-12-2-7-15-16(8-12)31(11-26-15)20-28-18(30-9-22(23,24)10-30)17-19(29-20)32(21(34)27-17)13-3-5-14(33)6-4-13/h2,7-8,11,13-14,33H,3-6,9-10H2,(H,27,34). The lowest BCUT2D eigenvalue weighted by molar-refractivity contribution is -0.0265. The molecule has 1 aliphatic heterocycles. The van der Waals surface area contributed by atoms with Gasteiger partial charge in [0, 0.05) is 6.04 Å². The molecule has 1 aliphatic carbocycles. The first-order chi connectivity index (χ1) is 16.3. The number of aromatic amines is 1. The molecule has 2 N–H and O–H groups in total. The maximum Gasteiger partial charge on any atom is 0.328 e. The number of aromatic nitrogens is 6. The number of anilines is 1. The summed E-state index contributed by atoms with van der Waals surface area (Å²) in [7, 11) is 0. The molecule has 0 amide bonds. The van der Waals surface area contributed by atoms with Gasteiger partial charge in [-0.2, -0.15) is 9.97 Å². The van der Waals surface area contributed by atoms with Crippen molar-refractivity contribution >= 4 is 33.7 Å². The van der Waals surface area contributed by atoms with Crippen molar-refractivity contribution in [2.75, 3.05) is 18.0 Å². The molecule has 0 unspecified atom stereocenters. The summed E-state index contributed by atoms with van der Waals surface area (Å²) in [5.41, 5.74) is 1.88. The maximum atomic E-state index is 13.7. The van der Waals surface area contributed by atoms with E-state index in [1.807, 2.05) is 0 Å². The van der Waals surface area contributed by atoms with E-state index in [4.69, 9.17) is 6.57 Å². The number of nitrogens with one attached hydrogen (secondary N) is 1. The first-order valence-electron chi connectivity index (χ1n) is 11.0. The molecule has 2 aliphatic rings. The molecule has 12 heteroatoms. The summed E-state index contributed by atoms with van der Waals surface area (Å²) < 4.78 is 30.6. The monoisotopic (exact) mass is 466 g/mol. The zero-order chi connectivity index (χ0) is 23.6. The van der Waals surface area contributed by atoms with Crippen molar-refractivity contribution in [1.82, 2.24) is 29.1 Å². The number of nitrogens with zero attached hydrogens (tertiary/aromatic N) is 7. The number of benzene rings is 1. The highest BCUT2D eigenvalue weighted by molar-refractivity contribution is 5.86. The number of rotatable bonds is 3. The van der Waals surface area contributed by atoms with Crippen molar-refractivity contribution in [2.45, 2.75) is 43.8 Å². The molecule has 0 atom stereocenters. The Balaban J connectivity index is 1.56. The lowest BCUT2D eigenvalue weighted by Gasteiger charge is -2.39. The summed E-state index contributed by atoms with van der Waals surface area (Å²) in [6.45, 7) is 6.29. The van der Waals surface area contributed by atoms with Crippen molar-refractivity contribution in [2.24, 2.45) is 0 Å². The van der Waals surface area contributed by atoms with Crippen molar-refractivity contribution in [3.8, 4) is 5.95 Å². The van der Waals surface area contributed by atoms with Crippen LogP contribution >= 0.6 is 0 Å². The van der Waals surface area contributed by atoms with E-state index in [9.17, 15) is 18.7 Å². The van der Waals surface area contributed by atoms with Crippen LogP contribution in [0, 0.1) is 6.57 Å². The molecular formula is C22H20F2N8O2. The smallest absolute Gasteiger partial charge is 0.328 e. The molecule has 0 spiro atoms. The number of imidazole rings is 2. The molecule has 6 rings (SSSR count). The van der Waals surface area contributed by atoms with E-state index in [0.29, 0.717) is 53.6 Å². The van der Waals surface area contributed by atoms with Gasteiger partial charge in [0.15, 0.2) is 17.2 Å². The third-order valence-electron chi connectivity index (χ3n) is 6.59. The Kier molecular flexibility index (Phi) is 4.47. The van der Waals surface area contributed by atoms with Gasteiger partial charge >= 0.3 is 5.69 Å². The van der Waals surface area contributed by atoms with Crippen molar-refractivity contribution in [3.05, 3.63) is 46.4 Å². The second kappa shape index (κ2) is 7.33. The molecule has 1 saturated heterocycles. The van der Waals surface area contributed by atoms with Crippen LogP contribution in [0.3, 0.4) is 0 Å².